The molecular formula is C9H19N3O2S. The standard InChI is InChI=1S/C9H19N3O2S/c1-9(2,7(10)13)6-12-8(15)11-4-5-14-3/h4-6H2,1-3H3,(H2,10,13)(H2,11,12,15). The van der Waals surface area contributed by atoms with E-state index in [-0.39, 0.29) is 5.91 Å². The lowest BCUT2D eigenvalue weighted by Crippen LogP contribution is -2.46. The molecule has 6 heteroatoms. The number of methoxy groups -OCH3 is 1. The van der Waals surface area contributed by atoms with Crippen LogP contribution in [-0.4, -0.2) is 37.8 Å². The first-order valence-corrected chi connectivity index (χ1v) is 5.11. The Morgan fingerprint density at radius 2 is 2.07 bits per heavy atom. The molecule has 0 rings (SSSR count). The monoisotopic (exact) mass is 233 g/mol. The number of amides is 1. The molecule has 0 atom stereocenters. The molecule has 88 valence electrons. The number of nitrogens with two attached hydrogens (primary N) is 1. The molecule has 15 heavy (non-hydrogen) atoms. The van der Waals surface area contributed by atoms with Crippen LogP contribution in [0.15, 0.2) is 0 Å². The Morgan fingerprint density at radius 3 is 2.53 bits per heavy atom. The highest BCUT2D eigenvalue weighted by atomic mass is 32.1. The molecule has 4 N–H and O–H groups in total. The molecule has 1 amide bonds. The molecule has 0 aliphatic heterocycles. The molecule has 0 fully saturated rings. The topological polar surface area (TPSA) is 76.4 Å². The first-order valence-electron chi connectivity index (χ1n) is 4.70. The Bertz CT molecular complexity index is 231. The molecule has 0 spiro atoms. The second kappa shape index (κ2) is 6.58. The normalized spacial score (nSPS) is 10.9. The van der Waals surface area contributed by atoms with Crippen LogP contribution in [0.5, 0.6) is 0 Å². The second-order valence-electron chi connectivity index (χ2n) is 3.85. The van der Waals surface area contributed by atoms with Gasteiger partial charge in [0, 0.05) is 20.2 Å². The third kappa shape index (κ3) is 6.24. The third-order valence-electron chi connectivity index (χ3n) is 1.95. The predicted molar refractivity (Wildman–Crippen MR) is 63.5 cm³/mol. The fourth-order valence-corrected chi connectivity index (χ4v) is 0.892. The lowest BCUT2D eigenvalue weighted by Gasteiger charge is -2.21. The van der Waals surface area contributed by atoms with Crippen LogP contribution in [0.3, 0.4) is 0 Å². The Kier molecular flexibility index (Phi) is 6.19. The summed E-state index contributed by atoms with van der Waals surface area (Å²) in [4.78, 5) is 11.0. The number of carbonyl (C=O) groups excluding carboxylic acids is 1. The van der Waals surface area contributed by atoms with Crippen molar-refractivity contribution < 1.29 is 9.53 Å². The number of carbonyl (C=O) groups is 1. The summed E-state index contributed by atoms with van der Waals surface area (Å²) in [6.07, 6.45) is 0. The van der Waals surface area contributed by atoms with Crippen LogP contribution in [-0.2, 0) is 9.53 Å². The van der Waals surface area contributed by atoms with Crippen molar-refractivity contribution in [2.45, 2.75) is 13.8 Å². The van der Waals surface area contributed by atoms with Gasteiger partial charge in [0.25, 0.3) is 0 Å². The zero-order valence-corrected chi connectivity index (χ0v) is 10.2. The fourth-order valence-electron chi connectivity index (χ4n) is 0.717. The van der Waals surface area contributed by atoms with Crippen molar-refractivity contribution in [2.24, 2.45) is 11.1 Å². The first-order chi connectivity index (χ1) is 6.90. The van der Waals surface area contributed by atoms with Crippen molar-refractivity contribution in [2.75, 3.05) is 26.8 Å². The number of thiocarbonyl (C=S) groups is 1. The number of rotatable bonds is 6. The largest absolute Gasteiger partial charge is 0.383 e. The van der Waals surface area contributed by atoms with Gasteiger partial charge in [-0.15, -0.1) is 0 Å². The maximum Gasteiger partial charge on any atom is 0.224 e. The van der Waals surface area contributed by atoms with Crippen LogP contribution in [0.25, 0.3) is 0 Å². The molecule has 0 saturated carbocycles. The van der Waals surface area contributed by atoms with E-state index in [2.05, 4.69) is 10.6 Å². The Labute approximate surface area is 95.7 Å². The van der Waals surface area contributed by atoms with Gasteiger partial charge in [0.1, 0.15) is 0 Å². The lowest BCUT2D eigenvalue weighted by atomic mass is 9.93. The van der Waals surface area contributed by atoms with Crippen LogP contribution in [0.2, 0.25) is 0 Å². The minimum Gasteiger partial charge on any atom is -0.383 e. The van der Waals surface area contributed by atoms with Gasteiger partial charge in [0.15, 0.2) is 5.11 Å². The van der Waals surface area contributed by atoms with Gasteiger partial charge in [0.2, 0.25) is 5.91 Å². The van der Waals surface area contributed by atoms with Gasteiger partial charge in [-0.2, -0.15) is 0 Å². The first kappa shape index (κ1) is 14.1. The third-order valence-corrected chi connectivity index (χ3v) is 2.24. The molecule has 5 nitrogen and oxygen atoms in total. The van der Waals surface area contributed by atoms with Gasteiger partial charge in [-0.3, -0.25) is 4.79 Å². The van der Waals surface area contributed by atoms with Crippen molar-refractivity contribution in [1.29, 1.82) is 0 Å². The number of ether oxygens (including phenoxy) is 1. The van der Waals surface area contributed by atoms with E-state index >= 15 is 0 Å². The highest BCUT2D eigenvalue weighted by molar-refractivity contribution is 7.80. The summed E-state index contributed by atoms with van der Waals surface area (Å²) in [6, 6.07) is 0. The highest BCUT2D eigenvalue weighted by Gasteiger charge is 2.24. The number of hydrogen-bond donors (Lipinski definition) is 3. The van der Waals surface area contributed by atoms with Crippen molar-refractivity contribution in [3.05, 3.63) is 0 Å². The van der Waals surface area contributed by atoms with Crippen LogP contribution in [0.4, 0.5) is 0 Å². The summed E-state index contributed by atoms with van der Waals surface area (Å²) in [5.41, 5.74) is 4.61. The Hall–Kier alpha value is -0.880. The van der Waals surface area contributed by atoms with Crippen molar-refractivity contribution in [3.8, 4) is 0 Å². The molecule has 0 aromatic heterocycles. The summed E-state index contributed by atoms with van der Waals surface area (Å²) in [5, 5.41) is 6.37. The minimum absolute atomic E-state index is 0.352. The fraction of sp³-hybridized carbons (Fsp3) is 0.778. The maximum absolute atomic E-state index is 11.0. The van der Waals surface area contributed by atoms with Gasteiger partial charge in [0.05, 0.1) is 12.0 Å². The van der Waals surface area contributed by atoms with Crippen molar-refractivity contribution >= 4 is 23.2 Å². The van der Waals surface area contributed by atoms with E-state index in [0.717, 1.165) is 0 Å². The van der Waals surface area contributed by atoms with Crippen LogP contribution in [0, 0.1) is 5.41 Å². The smallest absolute Gasteiger partial charge is 0.224 e. The van der Waals surface area contributed by atoms with E-state index in [1.165, 1.54) is 0 Å². The molecule has 0 heterocycles. The number of primary amides is 1. The zero-order valence-electron chi connectivity index (χ0n) is 9.42. The number of nitrogens with one attached hydrogen (secondary N) is 2. The second-order valence-corrected chi connectivity index (χ2v) is 4.26. The van der Waals surface area contributed by atoms with Crippen LogP contribution >= 0.6 is 12.2 Å². The lowest BCUT2D eigenvalue weighted by molar-refractivity contribution is -0.125. The van der Waals surface area contributed by atoms with Crippen LogP contribution < -0.4 is 16.4 Å². The summed E-state index contributed by atoms with van der Waals surface area (Å²) in [5.74, 6) is -0.352. The van der Waals surface area contributed by atoms with Gasteiger partial charge in [-0.05, 0) is 26.1 Å². The van der Waals surface area contributed by atoms with E-state index in [0.29, 0.717) is 24.8 Å². The van der Waals surface area contributed by atoms with E-state index in [9.17, 15) is 4.79 Å². The molecule has 0 aromatic carbocycles. The maximum atomic E-state index is 11.0. The van der Waals surface area contributed by atoms with Gasteiger partial charge < -0.3 is 21.1 Å². The zero-order chi connectivity index (χ0) is 11.9. The van der Waals surface area contributed by atoms with Crippen molar-refractivity contribution in [1.82, 2.24) is 10.6 Å². The van der Waals surface area contributed by atoms with Gasteiger partial charge in [-0.1, -0.05) is 0 Å². The molecular weight excluding hydrogens is 214 g/mol. The van der Waals surface area contributed by atoms with E-state index in [1.807, 2.05) is 0 Å². The molecule has 0 bridgehead atoms. The minimum atomic E-state index is -0.604. The SMILES string of the molecule is COCCNC(=S)NCC(C)(C)C(N)=O. The Morgan fingerprint density at radius 1 is 1.47 bits per heavy atom. The van der Waals surface area contributed by atoms with Gasteiger partial charge >= 0.3 is 0 Å². The summed E-state index contributed by atoms with van der Waals surface area (Å²) < 4.78 is 4.85. The molecule has 0 saturated heterocycles. The molecule has 0 aliphatic rings. The average molecular weight is 233 g/mol. The van der Waals surface area contributed by atoms with Gasteiger partial charge in [-0.25, -0.2) is 0 Å². The Balaban J connectivity index is 3.75. The molecule has 0 aromatic rings. The van der Waals surface area contributed by atoms with E-state index in [4.69, 9.17) is 22.7 Å². The quantitative estimate of drug-likeness (QED) is 0.430. The van der Waals surface area contributed by atoms with Crippen LogP contribution in [0.1, 0.15) is 13.8 Å². The molecule has 0 aliphatic carbocycles. The highest BCUT2D eigenvalue weighted by Crippen LogP contribution is 2.11. The predicted octanol–water partition coefficient (Wildman–Crippen LogP) is -0.392. The summed E-state index contributed by atoms with van der Waals surface area (Å²) in [7, 11) is 1.62. The average Bonchev–Trinajstić information content (AvgIpc) is 2.15. The van der Waals surface area contributed by atoms with E-state index < -0.39 is 5.41 Å². The number of hydrogen-bond acceptors (Lipinski definition) is 3. The summed E-state index contributed by atoms with van der Waals surface area (Å²) in [6.45, 7) is 5.17. The molecule has 0 unspecified atom stereocenters. The molecule has 0 radical (unpaired) electrons. The van der Waals surface area contributed by atoms with E-state index in [1.54, 1.807) is 21.0 Å². The summed E-state index contributed by atoms with van der Waals surface area (Å²) >= 11 is 4.99. The van der Waals surface area contributed by atoms with Crippen molar-refractivity contribution in [3.63, 3.8) is 0 Å².